The zero-order valence-electron chi connectivity index (χ0n) is 10.7. The van der Waals surface area contributed by atoms with Crippen LogP contribution in [0.1, 0.15) is 16.7 Å². The zero-order chi connectivity index (χ0) is 13.2. The third-order valence-corrected chi connectivity index (χ3v) is 3.38. The van der Waals surface area contributed by atoms with Gasteiger partial charge >= 0.3 is 0 Å². The molecule has 3 rings (SSSR count). The van der Waals surface area contributed by atoms with E-state index < -0.39 is 0 Å². The number of fused-ring (bicyclic) bond motifs is 1. The van der Waals surface area contributed by atoms with Gasteiger partial charge in [0.05, 0.1) is 12.2 Å². The van der Waals surface area contributed by atoms with E-state index in [1.807, 2.05) is 12.1 Å². The molecule has 0 spiro atoms. The molecule has 0 saturated heterocycles. The van der Waals surface area contributed by atoms with E-state index in [0.29, 0.717) is 13.4 Å². The van der Waals surface area contributed by atoms with Gasteiger partial charge < -0.3 is 9.47 Å². The van der Waals surface area contributed by atoms with E-state index in [1.54, 1.807) is 0 Å². The van der Waals surface area contributed by atoms with E-state index in [0.717, 1.165) is 28.4 Å². The molecular weight excluding hydrogens is 262 g/mol. The third kappa shape index (κ3) is 2.72. The van der Waals surface area contributed by atoms with Crippen LogP contribution in [0.4, 0.5) is 0 Å². The highest BCUT2D eigenvalue weighted by molar-refractivity contribution is 6.30. The minimum Gasteiger partial charge on any atom is -0.467 e. The van der Waals surface area contributed by atoms with Gasteiger partial charge in [-0.2, -0.15) is 0 Å². The Labute approximate surface area is 117 Å². The number of halogens is 1. The Morgan fingerprint density at radius 3 is 2.84 bits per heavy atom. The molecule has 0 atom stereocenters. The van der Waals surface area contributed by atoms with E-state index in [-0.39, 0.29) is 0 Å². The number of pyridine rings is 1. The Hall–Kier alpha value is -1.58. The highest BCUT2D eigenvalue weighted by atomic mass is 35.5. The predicted molar refractivity (Wildman–Crippen MR) is 72.2 cm³/mol. The van der Waals surface area contributed by atoms with Gasteiger partial charge in [0.1, 0.15) is 5.75 Å². The summed E-state index contributed by atoms with van der Waals surface area (Å²) in [4.78, 5) is 0. The van der Waals surface area contributed by atoms with Gasteiger partial charge in [-0.3, -0.25) is 0 Å². The quantitative estimate of drug-likeness (QED) is 0.787. The van der Waals surface area contributed by atoms with E-state index in [1.165, 1.54) is 5.56 Å². The van der Waals surface area contributed by atoms with Crippen LogP contribution < -0.4 is 9.30 Å². The van der Waals surface area contributed by atoms with Crippen molar-refractivity contribution >= 4 is 11.6 Å². The maximum atomic E-state index is 6.15. The number of aromatic nitrogens is 1. The van der Waals surface area contributed by atoms with Gasteiger partial charge in [0, 0.05) is 22.7 Å². The molecule has 0 radical (unpaired) electrons. The van der Waals surface area contributed by atoms with Gasteiger partial charge in [0.2, 0.25) is 0 Å². The van der Waals surface area contributed by atoms with Crippen LogP contribution in [-0.4, -0.2) is 6.79 Å². The molecule has 1 aliphatic heterocycles. The van der Waals surface area contributed by atoms with Crippen molar-refractivity contribution in [3.05, 3.63) is 58.4 Å². The Kier molecular flexibility index (Phi) is 3.40. The Balaban J connectivity index is 1.95. The number of nitrogens with zero attached hydrogens (tertiary/aromatic N) is 1. The maximum Gasteiger partial charge on any atom is 0.189 e. The standard InChI is InChI=1S/C15H15ClNO2/c1-11-2-4-17(5-3-11)8-12-6-14(16)7-13-9-18-10-19-15(12)13/h2-7H,8-10H2,1H3/q+1. The number of rotatable bonds is 2. The van der Waals surface area contributed by atoms with Crippen LogP contribution in [0, 0.1) is 6.92 Å². The summed E-state index contributed by atoms with van der Waals surface area (Å²) in [7, 11) is 0. The first-order chi connectivity index (χ1) is 9.22. The summed E-state index contributed by atoms with van der Waals surface area (Å²) in [5, 5.41) is 0.718. The predicted octanol–water partition coefficient (Wildman–Crippen LogP) is 2.85. The fourth-order valence-corrected chi connectivity index (χ4v) is 2.47. The maximum absolute atomic E-state index is 6.15. The number of ether oxygens (including phenoxy) is 2. The van der Waals surface area contributed by atoms with Gasteiger partial charge in [0.25, 0.3) is 0 Å². The van der Waals surface area contributed by atoms with Crippen molar-refractivity contribution in [3.8, 4) is 5.75 Å². The van der Waals surface area contributed by atoms with Crippen LogP contribution in [0.3, 0.4) is 0 Å². The van der Waals surface area contributed by atoms with E-state index in [4.69, 9.17) is 21.1 Å². The van der Waals surface area contributed by atoms with Crippen LogP contribution in [0.15, 0.2) is 36.7 Å². The van der Waals surface area contributed by atoms with Gasteiger partial charge in [-0.1, -0.05) is 11.6 Å². The van der Waals surface area contributed by atoms with Crippen LogP contribution in [-0.2, 0) is 17.9 Å². The van der Waals surface area contributed by atoms with Crippen molar-refractivity contribution in [2.45, 2.75) is 20.1 Å². The summed E-state index contributed by atoms with van der Waals surface area (Å²) in [5.41, 5.74) is 3.34. The van der Waals surface area contributed by atoms with Crippen LogP contribution in [0.2, 0.25) is 5.02 Å². The van der Waals surface area contributed by atoms with Gasteiger partial charge in [-0.25, -0.2) is 4.57 Å². The summed E-state index contributed by atoms with van der Waals surface area (Å²) >= 11 is 6.15. The molecule has 0 amide bonds. The fourth-order valence-electron chi connectivity index (χ4n) is 2.21. The molecule has 0 fully saturated rings. The van der Waals surface area contributed by atoms with Crippen molar-refractivity contribution in [3.63, 3.8) is 0 Å². The molecule has 0 saturated carbocycles. The largest absolute Gasteiger partial charge is 0.467 e. The van der Waals surface area contributed by atoms with Crippen LogP contribution in [0.25, 0.3) is 0 Å². The molecular formula is C15H15ClNO2+. The molecule has 0 aliphatic carbocycles. The number of hydrogen-bond acceptors (Lipinski definition) is 2. The second kappa shape index (κ2) is 5.19. The van der Waals surface area contributed by atoms with E-state index >= 15 is 0 Å². The second-order valence-corrected chi connectivity index (χ2v) is 5.15. The number of benzene rings is 1. The first kappa shape index (κ1) is 12.5. The molecule has 3 nitrogen and oxygen atoms in total. The van der Waals surface area contributed by atoms with Crippen molar-refractivity contribution in [2.24, 2.45) is 0 Å². The SMILES string of the molecule is Cc1cc[n+](Cc2cc(Cl)cc3c2OCOC3)cc1. The molecule has 0 N–H and O–H groups in total. The van der Waals surface area contributed by atoms with Gasteiger partial charge in [0.15, 0.2) is 25.7 Å². The second-order valence-electron chi connectivity index (χ2n) is 4.71. The topological polar surface area (TPSA) is 22.3 Å². The van der Waals surface area contributed by atoms with Crippen LogP contribution >= 0.6 is 11.6 Å². The minimum atomic E-state index is 0.306. The minimum absolute atomic E-state index is 0.306. The van der Waals surface area contributed by atoms with Gasteiger partial charge in [-0.05, 0) is 24.6 Å². The third-order valence-electron chi connectivity index (χ3n) is 3.16. The lowest BCUT2D eigenvalue weighted by molar-refractivity contribution is -0.688. The van der Waals surface area contributed by atoms with Crippen molar-refractivity contribution in [1.29, 1.82) is 0 Å². The lowest BCUT2D eigenvalue weighted by Gasteiger charge is -2.20. The van der Waals surface area contributed by atoms with E-state index in [2.05, 4.69) is 36.0 Å². The Bertz CT molecular complexity index is 596. The lowest BCUT2D eigenvalue weighted by Crippen LogP contribution is -2.33. The molecule has 98 valence electrons. The molecule has 2 aromatic rings. The molecule has 0 unspecified atom stereocenters. The molecule has 1 aromatic carbocycles. The summed E-state index contributed by atoms with van der Waals surface area (Å²) in [6.45, 7) is 3.68. The van der Waals surface area contributed by atoms with Gasteiger partial charge in [-0.15, -0.1) is 0 Å². The van der Waals surface area contributed by atoms with Crippen molar-refractivity contribution in [1.82, 2.24) is 0 Å². The monoisotopic (exact) mass is 276 g/mol. The molecule has 2 heterocycles. The first-order valence-electron chi connectivity index (χ1n) is 6.20. The average Bonchev–Trinajstić information content (AvgIpc) is 2.41. The zero-order valence-corrected chi connectivity index (χ0v) is 11.5. The molecule has 4 heteroatoms. The molecule has 19 heavy (non-hydrogen) atoms. The smallest absolute Gasteiger partial charge is 0.189 e. The fraction of sp³-hybridized carbons (Fsp3) is 0.267. The first-order valence-corrected chi connectivity index (χ1v) is 6.58. The molecule has 1 aliphatic rings. The van der Waals surface area contributed by atoms with Crippen LogP contribution in [0.5, 0.6) is 5.75 Å². The summed E-state index contributed by atoms with van der Waals surface area (Å²) in [5.74, 6) is 0.906. The van der Waals surface area contributed by atoms with E-state index in [9.17, 15) is 0 Å². The average molecular weight is 277 g/mol. The normalized spacial score (nSPS) is 13.8. The van der Waals surface area contributed by atoms with Crippen molar-refractivity contribution < 1.29 is 14.0 Å². The summed E-state index contributed by atoms with van der Waals surface area (Å²) in [6, 6.07) is 8.03. The highest BCUT2D eigenvalue weighted by Gasteiger charge is 2.18. The summed E-state index contributed by atoms with van der Waals surface area (Å²) in [6.07, 6.45) is 4.11. The highest BCUT2D eigenvalue weighted by Crippen LogP contribution is 2.31. The Morgan fingerprint density at radius 1 is 1.26 bits per heavy atom. The lowest BCUT2D eigenvalue weighted by atomic mass is 10.1. The molecule has 0 bridgehead atoms. The van der Waals surface area contributed by atoms with Crippen molar-refractivity contribution in [2.75, 3.05) is 6.79 Å². The molecule has 1 aromatic heterocycles. The number of aryl methyl sites for hydroxylation is 1. The Morgan fingerprint density at radius 2 is 2.05 bits per heavy atom. The summed E-state index contributed by atoms with van der Waals surface area (Å²) < 4.78 is 13.0. The number of hydrogen-bond donors (Lipinski definition) is 0.